The number of nitrogens with one attached hydrogen (secondary N) is 1. The lowest BCUT2D eigenvalue weighted by atomic mass is 9.79. The molecule has 0 amide bonds. The van der Waals surface area contributed by atoms with Crippen LogP contribution in [-0.4, -0.2) is 18.4 Å². The Morgan fingerprint density at radius 3 is 2.80 bits per heavy atom. The third-order valence-electron chi connectivity index (χ3n) is 3.45. The number of hydrogen-bond donors (Lipinski definition) is 1. The third kappa shape index (κ3) is 4.33. The van der Waals surface area contributed by atoms with Gasteiger partial charge >= 0.3 is 0 Å². The first-order valence-corrected chi connectivity index (χ1v) is 6.39. The van der Waals surface area contributed by atoms with Crippen molar-refractivity contribution < 1.29 is 4.79 Å². The molecule has 2 heteroatoms. The van der Waals surface area contributed by atoms with Gasteiger partial charge in [-0.25, -0.2) is 0 Å². The van der Waals surface area contributed by atoms with Crippen molar-refractivity contribution in [3.8, 4) is 0 Å². The highest BCUT2D eigenvalue weighted by molar-refractivity contribution is 5.81. The van der Waals surface area contributed by atoms with Crippen LogP contribution in [0.1, 0.15) is 52.9 Å². The summed E-state index contributed by atoms with van der Waals surface area (Å²) in [6, 6.07) is 0.347. The largest absolute Gasteiger partial charge is 0.314 e. The molecule has 0 aromatic carbocycles. The van der Waals surface area contributed by atoms with Crippen molar-refractivity contribution in [2.75, 3.05) is 6.54 Å². The van der Waals surface area contributed by atoms with Gasteiger partial charge in [0, 0.05) is 18.4 Å². The lowest BCUT2D eigenvalue weighted by Gasteiger charge is -2.26. The third-order valence-corrected chi connectivity index (χ3v) is 3.45. The van der Waals surface area contributed by atoms with Crippen LogP contribution in [0.4, 0.5) is 0 Å². The molecule has 0 radical (unpaired) electrons. The van der Waals surface area contributed by atoms with Crippen molar-refractivity contribution in [1.82, 2.24) is 5.32 Å². The maximum absolute atomic E-state index is 12.0. The Morgan fingerprint density at radius 2 is 2.20 bits per heavy atom. The van der Waals surface area contributed by atoms with Crippen LogP contribution in [0.2, 0.25) is 0 Å². The Bertz CT molecular complexity index is 203. The summed E-state index contributed by atoms with van der Waals surface area (Å²) in [4.78, 5) is 12.0. The first kappa shape index (κ1) is 12.7. The number of carbonyl (C=O) groups excluding carboxylic acids is 1. The second kappa shape index (κ2) is 6.26. The van der Waals surface area contributed by atoms with Crippen LogP contribution in [0, 0.1) is 11.8 Å². The first-order valence-electron chi connectivity index (χ1n) is 6.39. The highest BCUT2D eigenvalue weighted by Gasteiger charge is 2.25. The molecule has 15 heavy (non-hydrogen) atoms. The number of hydrogen-bond acceptors (Lipinski definition) is 2. The Balaban J connectivity index is 2.32. The van der Waals surface area contributed by atoms with E-state index in [9.17, 15) is 4.79 Å². The Morgan fingerprint density at radius 1 is 1.47 bits per heavy atom. The van der Waals surface area contributed by atoms with Crippen LogP contribution in [0.15, 0.2) is 0 Å². The van der Waals surface area contributed by atoms with Crippen LogP contribution in [0.25, 0.3) is 0 Å². The predicted octanol–water partition coefficient (Wildman–Crippen LogP) is 2.77. The molecule has 0 heterocycles. The summed E-state index contributed by atoms with van der Waals surface area (Å²) in [7, 11) is 0. The van der Waals surface area contributed by atoms with Crippen molar-refractivity contribution in [3.05, 3.63) is 0 Å². The average molecular weight is 211 g/mol. The van der Waals surface area contributed by atoms with Gasteiger partial charge < -0.3 is 5.32 Å². The standard InChI is InChI=1S/C13H25NO/c1-4-14-11(3)9-13(15)12-7-5-6-10(2)8-12/h10-12,14H,4-9H2,1-3H3. The van der Waals surface area contributed by atoms with Crippen LogP contribution < -0.4 is 5.32 Å². The molecule has 1 aliphatic carbocycles. The van der Waals surface area contributed by atoms with Crippen LogP contribution >= 0.6 is 0 Å². The minimum absolute atomic E-state index is 0.347. The van der Waals surface area contributed by atoms with Gasteiger partial charge in [0.1, 0.15) is 5.78 Å². The number of rotatable bonds is 5. The van der Waals surface area contributed by atoms with Crippen molar-refractivity contribution in [3.63, 3.8) is 0 Å². The highest BCUT2D eigenvalue weighted by atomic mass is 16.1. The van der Waals surface area contributed by atoms with E-state index in [0.717, 1.165) is 25.3 Å². The smallest absolute Gasteiger partial charge is 0.137 e. The van der Waals surface area contributed by atoms with Gasteiger partial charge in [-0.15, -0.1) is 0 Å². The summed E-state index contributed by atoms with van der Waals surface area (Å²) in [5, 5.41) is 3.31. The van der Waals surface area contributed by atoms with Gasteiger partial charge in [-0.3, -0.25) is 4.79 Å². The van der Waals surface area contributed by atoms with Gasteiger partial charge in [0.15, 0.2) is 0 Å². The second-order valence-electron chi connectivity index (χ2n) is 5.10. The summed E-state index contributed by atoms with van der Waals surface area (Å²) in [5.74, 6) is 1.59. The van der Waals surface area contributed by atoms with Crippen molar-refractivity contribution in [2.24, 2.45) is 11.8 Å². The average Bonchev–Trinajstić information content (AvgIpc) is 2.18. The Hall–Kier alpha value is -0.370. The van der Waals surface area contributed by atoms with Crippen molar-refractivity contribution >= 4 is 5.78 Å². The quantitative estimate of drug-likeness (QED) is 0.757. The van der Waals surface area contributed by atoms with Gasteiger partial charge in [0.05, 0.1) is 0 Å². The Kier molecular flexibility index (Phi) is 5.30. The highest BCUT2D eigenvalue weighted by Crippen LogP contribution is 2.29. The Labute approximate surface area is 93.8 Å². The SMILES string of the molecule is CCNC(C)CC(=O)C1CCCC(C)C1. The second-order valence-corrected chi connectivity index (χ2v) is 5.10. The molecule has 1 aliphatic rings. The minimum atomic E-state index is 0.347. The predicted molar refractivity (Wildman–Crippen MR) is 63.9 cm³/mol. The summed E-state index contributed by atoms with van der Waals surface area (Å²) in [6.07, 6.45) is 5.52. The molecule has 0 aromatic rings. The fourth-order valence-electron chi connectivity index (χ4n) is 2.62. The molecule has 0 bridgehead atoms. The number of carbonyl (C=O) groups is 1. The molecule has 0 spiro atoms. The van der Waals surface area contributed by atoms with Gasteiger partial charge in [-0.2, -0.15) is 0 Å². The summed E-state index contributed by atoms with van der Waals surface area (Å²) >= 11 is 0. The molecule has 0 aliphatic heterocycles. The van der Waals surface area contributed by atoms with Gasteiger partial charge in [0.2, 0.25) is 0 Å². The maximum atomic E-state index is 12.0. The molecule has 1 N–H and O–H groups in total. The first-order chi connectivity index (χ1) is 7.13. The molecule has 1 saturated carbocycles. The lowest BCUT2D eigenvalue weighted by Crippen LogP contribution is -2.31. The van der Waals surface area contributed by atoms with E-state index in [4.69, 9.17) is 0 Å². The van der Waals surface area contributed by atoms with Gasteiger partial charge in [-0.1, -0.05) is 26.7 Å². The van der Waals surface area contributed by atoms with Crippen molar-refractivity contribution in [2.45, 2.75) is 58.9 Å². The maximum Gasteiger partial charge on any atom is 0.137 e. The van der Waals surface area contributed by atoms with E-state index in [0.29, 0.717) is 24.2 Å². The van der Waals surface area contributed by atoms with Gasteiger partial charge in [-0.05, 0) is 32.2 Å². The normalized spacial score (nSPS) is 28.7. The topological polar surface area (TPSA) is 29.1 Å². The van der Waals surface area contributed by atoms with E-state index in [1.807, 2.05) is 0 Å². The molecule has 0 saturated heterocycles. The van der Waals surface area contributed by atoms with Crippen molar-refractivity contribution in [1.29, 1.82) is 0 Å². The molecule has 2 nitrogen and oxygen atoms in total. The molecule has 0 aromatic heterocycles. The van der Waals surface area contributed by atoms with E-state index >= 15 is 0 Å². The van der Waals surface area contributed by atoms with E-state index in [2.05, 4.69) is 26.1 Å². The summed E-state index contributed by atoms with van der Waals surface area (Å²) in [5.41, 5.74) is 0. The molecule has 3 atom stereocenters. The monoisotopic (exact) mass is 211 g/mol. The molecular formula is C13H25NO. The fraction of sp³-hybridized carbons (Fsp3) is 0.923. The van der Waals surface area contributed by atoms with Crippen LogP contribution in [0.5, 0.6) is 0 Å². The molecule has 88 valence electrons. The molecule has 1 rings (SSSR count). The molecule has 3 unspecified atom stereocenters. The van der Waals surface area contributed by atoms with Crippen LogP contribution in [-0.2, 0) is 4.79 Å². The van der Waals surface area contributed by atoms with E-state index in [-0.39, 0.29) is 0 Å². The zero-order chi connectivity index (χ0) is 11.3. The minimum Gasteiger partial charge on any atom is -0.314 e. The zero-order valence-electron chi connectivity index (χ0n) is 10.4. The molecular weight excluding hydrogens is 186 g/mol. The molecule has 1 fully saturated rings. The summed E-state index contributed by atoms with van der Waals surface area (Å²) < 4.78 is 0. The van der Waals surface area contributed by atoms with E-state index < -0.39 is 0 Å². The lowest BCUT2D eigenvalue weighted by molar-refractivity contribution is -0.124. The number of ketones is 1. The van der Waals surface area contributed by atoms with Gasteiger partial charge in [0.25, 0.3) is 0 Å². The van der Waals surface area contributed by atoms with Crippen LogP contribution in [0.3, 0.4) is 0 Å². The zero-order valence-corrected chi connectivity index (χ0v) is 10.4. The summed E-state index contributed by atoms with van der Waals surface area (Å²) in [6.45, 7) is 7.42. The van der Waals surface area contributed by atoms with E-state index in [1.165, 1.54) is 12.8 Å². The van der Waals surface area contributed by atoms with E-state index in [1.54, 1.807) is 0 Å². The fourth-order valence-corrected chi connectivity index (χ4v) is 2.62. The number of Topliss-reactive ketones (excluding diaryl/α,β-unsaturated/α-hetero) is 1.